The van der Waals surface area contributed by atoms with Gasteiger partial charge in [-0.3, -0.25) is 4.72 Å². The van der Waals surface area contributed by atoms with Crippen molar-refractivity contribution in [1.29, 1.82) is 0 Å². The van der Waals surface area contributed by atoms with Gasteiger partial charge in [0.25, 0.3) is 10.0 Å². The van der Waals surface area contributed by atoms with E-state index in [2.05, 4.69) is 26.5 Å². The lowest BCUT2D eigenvalue weighted by atomic mass is 10.1. The van der Waals surface area contributed by atoms with Crippen molar-refractivity contribution in [2.45, 2.75) is 24.3 Å². The predicted octanol–water partition coefficient (Wildman–Crippen LogP) is 4.69. The van der Waals surface area contributed by atoms with E-state index in [0.717, 1.165) is 34.8 Å². The Morgan fingerprint density at radius 2 is 1.63 bits per heavy atom. The monoisotopic (exact) mass is 419 g/mol. The second-order valence-electron chi connectivity index (χ2n) is 7.91. The Labute approximate surface area is 177 Å². The molecule has 30 heavy (non-hydrogen) atoms. The molecule has 3 aromatic carbocycles. The Hall–Kier alpha value is -2.83. The molecule has 0 spiro atoms. The highest BCUT2D eigenvalue weighted by molar-refractivity contribution is 7.93. The molecule has 1 saturated heterocycles. The van der Waals surface area contributed by atoms with E-state index >= 15 is 0 Å². The third kappa shape index (κ3) is 3.68. The molecular weight excluding hydrogens is 394 g/mol. The summed E-state index contributed by atoms with van der Waals surface area (Å²) in [5, 5.41) is 2.67. The molecule has 4 aromatic rings. The Morgan fingerprint density at radius 1 is 0.833 bits per heavy atom. The molecule has 0 saturated carbocycles. The van der Waals surface area contributed by atoms with Crippen LogP contribution in [0.4, 0.5) is 5.69 Å². The molecule has 1 aromatic heterocycles. The number of fused-ring (bicyclic) bond motifs is 2. The highest BCUT2D eigenvalue weighted by Crippen LogP contribution is 2.27. The minimum atomic E-state index is -3.69. The first-order chi connectivity index (χ1) is 14.6. The molecule has 0 atom stereocenters. The normalized spacial score (nSPS) is 15.2. The largest absolute Gasteiger partial charge is 0.346 e. The summed E-state index contributed by atoms with van der Waals surface area (Å²) in [7, 11) is -3.69. The van der Waals surface area contributed by atoms with Crippen LogP contribution in [-0.4, -0.2) is 37.5 Å². The molecular formula is C24H25N3O2S. The van der Waals surface area contributed by atoms with Gasteiger partial charge in [0.1, 0.15) is 0 Å². The number of hydrogen-bond donors (Lipinski definition) is 1. The second-order valence-corrected chi connectivity index (χ2v) is 9.57. The fourth-order valence-corrected chi connectivity index (χ4v) is 5.63. The number of aromatic nitrogens is 1. The van der Waals surface area contributed by atoms with Crippen molar-refractivity contribution in [2.24, 2.45) is 0 Å². The van der Waals surface area contributed by atoms with Crippen molar-refractivity contribution in [3.8, 4) is 0 Å². The lowest BCUT2D eigenvalue weighted by Gasteiger charge is -2.15. The van der Waals surface area contributed by atoms with Gasteiger partial charge in [-0.25, -0.2) is 8.42 Å². The van der Waals surface area contributed by atoms with Gasteiger partial charge in [0.05, 0.1) is 4.90 Å². The fourth-order valence-electron chi connectivity index (χ4n) is 4.35. The molecule has 5 nitrogen and oxygen atoms in total. The van der Waals surface area contributed by atoms with E-state index in [9.17, 15) is 8.42 Å². The van der Waals surface area contributed by atoms with Crippen LogP contribution < -0.4 is 4.72 Å². The molecule has 1 N–H and O–H groups in total. The molecule has 6 heteroatoms. The summed E-state index contributed by atoms with van der Waals surface area (Å²) in [5.74, 6) is 0. The average Bonchev–Trinajstić information content (AvgIpc) is 3.41. The molecule has 0 amide bonds. The molecule has 0 unspecified atom stereocenters. The van der Waals surface area contributed by atoms with Gasteiger partial charge in [-0.1, -0.05) is 36.4 Å². The summed E-state index contributed by atoms with van der Waals surface area (Å²) >= 11 is 0. The summed E-state index contributed by atoms with van der Waals surface area (Å²) in [6, 6.07) is 20.7. The van der Waals surface area contributed by atoms with Crippen LogP contribution >= 0.6 is 0 Å². The van der Waals surface area contributed by atoms with E-state index in [1.807, 2.05) is 48.5 Å². The maximum absolute atomic E-state index is 13.1. The summed E-state index contributed by atoms with van der Waals surface area (Å²) in [6.45, 7) is 4.39. The van der Waals surface area contributed by atoms with E-state index < -0.39 is 10.0 Å². The Bertz CT molecular complexity index is 1300. The molecule has 154 valence electrons. The molecule has 1 fully saturated rings. The highest BCUT2D eigenvalue weighted by atomic mass is 32.2. The van der Waals surface area contributed by atoms with Crippen molar-refractivity contribution in [1.82, 2.24) is 9.47 Å². The van der Waals surface area contributed by atoms with Crippen LogP contribution in [-0.2, 0) is 16.6 Å². The van der Waals surface area contributed by atoms with Crippen molar-refractivity contribution in [3.63, 3.8) is 0 Å². The molecule has 0 aliphatic carbocycles. The van der Waals surface area contributed by atoms with Crippen LogP contribution in [0.1, 0.15) is 12.8 Å². The molecule has 0 bridgehead atoms. The molecule has 5 rings (SSSR count). The van der Waals surface area contributed by atoms with E-state index in [1.165, 1.54) is 25.9 Å². The maximum atomic E-state index is 13.1. The van der Waals surface area contributed by atoms with Crippen LogP contribution in [0.5, 0.6) is 0 Å². The zero-order valence-corrected chi connectivity index (χ0v) is 17.6. The smallest absolute Gasteiger partial charge is 0.262 e. The lowest BCUT2D eigenvalue weighted by molar-refractivity contribution is 0.324. The fraction of sp³-hybridized carbons (Fsp3) is 0.250. The quantitative estimate of drug-likeness (QED) is 0.493. The first-order valence-corrected chi connectivity index (χ1v) is 11.9. The number of nitrogens with zero attached hydrogens (tertiary/aromatic N) is 2. The first kappa shape index (κ1) is 19.2. The number of nitrogens with one attached hydrogen (secondary N) is 1. The van der Waals surface area contributed by atoms with Gasteiger partial charge < -0.3 is 9.47 Å². The Kier molecular flexibility index (Phi) is 4.97. The Morgan fingerprint density at radius 3 is 2.50 bits per heavy atom. The highest BCUT2D eigenvalue weighted by Gasteiger charge is 2.18. The minimum absolute atomic E-state index is 0.295. The third-order valence-corrected chi connectivity index (χ3v) is 7.36. The molecule has 2 heterocycles. The third-order valence-electron chi connectivity index (χ3n) is 5.92. The topological polar surface area (TPSA) is 54.3 Å². The predicted molar refractivity (Wildman–Crippen MR) is 122 cm³/mol. The number of benzene rings is 3. The van der Waals surface area contributed by atoms with Gasteiger partial charge in [-0.2, -0.15) is 0 Å². The lowest BCUT2D eigenvalue weighted by Crippen LogP contribution is -2.23. The van der Waals surface area contributed by atoms with Gasteiger partial charge in [0, 0.05) is 41.3 Å². The van der Waals surface area contributed by atoms with Gasteiger partial charge in [-0.05, 0) is 61.6 Å². The number of rotatable bonds is 6. The Balaban J connectivity index is 1.39. The van der Waals surface area contributed by atoms with Crippen LogP contribution in [0.3, 0.4) is 0 Å². The SMILES string of the molecule is O=S(=O)(Nc1ccc2c(ccn2CCN2CCCC2)c1)c1cccc2ccccc12. The van der Waals surface area contributed by atoms with Crippen LogP contribution in [0.15, 0.2) is 77.8 Å². The van der Waals surface area contributed by atoms with Crippen molar-refractivity contribution in [3.05, 3.63) is 72.9 Å². The summed E-state index contributed by atoms with van der Waals surface area (Å²) < 4.78 is 31.2. The van der Waals surface area contributed by atoms with Crippen LogP contribution in [0, 0.1) is 0 Å². The van der Waals surface area contributed by atoms with Gasteiger partial charge in [0.15, 0.2) is 0 Å². The minimum Gasteiger partial charge on any atom is -0.346 e. The number of sulfonamides is 1. The van der Waals surface area contributed by atoms with E-state index in [0.29, 0.717) is 10.6 Å². The van der Waals surface area contributed by atoms with Crippen molar-refractivity contribution >= 4 is 37.4 Å². The van der Waals surface area contributed by atoms with E-state index in [-0.39, 0.29) is 0 Å². The number of likely N-dealkylation sites (tertiary alicyclic amines) is 1. The van der Waals surface area contributed by atoms with E-state index in [4.69, 9.17) is 0 Å². The summed E-state index contributed by atoms with van der Waals surface area (Å²) in [4.78, 5) is 2.79. The number of anilines is 1. The number of hydrogen-bond acceptors (Lipinski definition) is 3. The van der Waals surface area contributed by atoms with Crippen molar-refractivity contribution < 1.29 is 8.42 Å². The molecule has 1 aliphatic rings. The second kappa shape index (κ2) is 7.78. The van der Waals surface area contributed by atoms with Gasteiger partial charge in [0.2, 0.25) is 0 Å². The summed E-state index contributed by atoms with van der Waals surface area (Å²) in [5.41, 5.74) is 1.70. The summed E-state index contributed by atoms with van der Waals surface area (Å²) in [6.07, 6.45) is 4.68. The van der Waals surface area contributed by atoms with Gasteiger partial charge >= 0.3 is 0 Å². The zero-order valence-electron chi connectivity index (χ0n) is 16.8. The van der Waals surface area contributed by atoms with Gasteiger partial charge in [-0.15, -0.1) is 0 Å². The first-order valence-electron chi connectivity index (χ1n) is 10.4. The van der Waals surface area contributed by atoms with Crippen LogP contribution in [0.2, 0.25) is 0 Å². The van der Waals surface area contributed by atoms with Crippen molar-refractivity contribution in [2.75, 3.05) is 24.4 Å². The average molecular weight is 420 g/mol. The zero-order chi connectivity index (χ0) is 20.6. The standard InChI is InChI=1S/C24H25N3O2S/c28-30(29,24-9-5-7-19-6-1-2-8-22(19)24)25-21-10-11-23-20(18-21)12-15-27(23)17-16-26-13-3-4-14-26/h1-2,5-12,15,18,25H,3-4,13-14,16-17H2. The molecule has 0 radical (unpaired) electrons. The van der Waals surface area contributed by atoms with E-state index in [1.54, 1.807) is 12.1 Å². The maximum Gasteiger partial charge on any atom is 0.262 e. The van der Waals surface area contributed by atoms with Crippen LogP contribution in [0.25, 0.3) is 21.7 Å². The molecule has 1 aliphatic heterocycles.